The van der Waals surface area contributed by atoms with Gasteiger partial charge in [0, 0.05) is 44.6 Å². The normalized spacial score (nSPS) is 21.5. The zero-order valence-electron chi connectivity index (χ0n) is 15.3. The van der Waals surface area contributed by atoms with Gasteiger partial charge in [0.15, 0.2) is 0 Å². The van der Waals surface area contributed by atoms with Gasteiger partial charge in [-0.1, -0.05) is 0 Å². The number of sulfonamides is 1. The number of rotatable bonds is 2. The average Bonchev–Trinajstić information content (AvgIpc) is 2.93. The molecule has 0 radical (unpaired) electrons. The number of halogens is 1. The minimum absolute atomic E-state index is 0.0569. The van der Waals surface area contributed by atoms with Crippen LogP contribution in [0.15, 0.2) is 52.6 Å². The summed E-state index contributed by atoms with van der Waals surface area (Å²) in [7, 11) is -3.41. The lowest BCUT2D eigenvalue weighted by Gasteiger charge is -2.29. The molecule has 3 aliphatic heterocycles. The highest BCUT2D eigenvalue weighted by Gasteiger charge is 2.27. The van der Waals surface area contributed by atoms with E-state index in [0.29, 0.717) is 37.6 Å². The minimum atomic E-state index is -3.41. The summed E-state index contributed by atoms with van der Waals surface area (Å²) in [6.45, 7) is 2.96. The Bertz CT molecular complexity index is 969. The highest BCUT2D eigenvalue weighted by atomic mass is 32.2. The molecule has 4 rings (SSSR count). The van der Waals surface area contributed by atoms with E-state index in [4.69, 9.17) is 0 Å². The van der Waals surface area contributed by atoms with Gasteiger partial charge in [-0.2, -0.15) is 0 Å². The predicted octanol–water partition coefficient (Wildman–Crippen LogP) is 1.36. The fraction of sp³-hybridized carbons (Fsp3) is 0.368. The minimum Gasteiger partial charge on any atom is -0.370 e. The highest BCUT2D eigenvalue weighted by molar-refractivity contribution is 7.90. The first-order chi connectivity index (χ1) is 13.4. The van der Waals surface area contributed by atoms with E-state index in [-0.39, 0.29) is 17.5 Å². The average molecular weight is 404 g/mol. The summed E-state index contributed by atoms with van der Waals surface area (Å²) in [6, 6.07) is 6.40. The van der Waals surface area contributed by atoms with E-state index in [2.05, 4.69) is 9.30 Å². The van der Waals surface area contributed by atoms with E-state index in [0.717, 1.165) is 18.7 Å². The van der Waals surface area contributed by atoms with Crippen molar-refractivity contribution in [3.05, 3.63) is 54.0 Å². The van der Waals surface area contributed by atoms with E-state index in [1.165, 1.54) is 12.1 Å². The molecule has 28 heavy (non-hydrogen) atoms. The Morgan fingerprint density at radius 3 is 2.57 bits per heavy atom. The molecule has 9 heteroatoms. The molecular weight excluding hydrogens is 383 g/mol. The lowest BCUT2D eigenvalue weighted by Crippen LogP contribution is -2.40. The zero-order chi connectivity index (χ0) is 19.7. The molecule has 0 spiro atoms. The van der Waals surface area contributed by atoms with Crippen molar-refractivity contribution in [1.82, 2.24) is 9.80 Å². The van der Waals surface area contributed by atoms with Crippen molar-refractivity contribution in [2.24, 2.45) is 4.40 Å². The molecule has 1 aromatic carbocycles. The van der Waals surface area contributed by atoms with E-state index >= 15 is 0 Å². The molecule has 1 fully saturated rings. The Balaban J connectivity index is 1.44. The van der Waals surface area contributed by atoms with E-state index in [1.807, 2.05) is 4.90 Å². The number of anilines is 1. The SMILES string of the molecule is O=C(C1=CN2CCS(=O)(=O)N=C2C=C1)N1CCCN(c2ccc(F)cc2)CC1. The molecule has 1 amide bonds. The van der Waals surface area contributed by atoms with Crippen LogP contribution >= 0.6 is 0 Å². The molecule has 0 unspecified atom stereocenters. The van der Waals surface area contributed by atoms with Gasteiger partial charge in [0.1, 0.15) is 11.7 Å². The molecule has 0 atom stereocenters. The van der Waals surface area contributed by atoms with E-state index < -0.39 is 10.0 Å². The van der Waals surface area contributed by atoms with Crippen LogP contribution in [0.4, 0.5) is 10.1 Å². The summed E-state index contributed by atoms with van der Waals surface area (Å²) < 4.78 is 40.1. The van der Waals surface area contributed by atoms with Gasteiger partial charge in [-0.25, -0.2) is 12.8 Å². The molecule has 1 saturated heterocycles. The maximum Gasteiger partial charge on any atom is 0.256 e. The summed E-state index contributed by atoms with van der Waals surface area (Å²) in [5.41, 5.74) is 1.47. The molecule has 0 N–H and O–H groups in total. The molecule has 0 bridgehead atoms. The van der Waals surface area contributed by atoms with Crippen molar-refractivity contribution < 1.29 is 17.6 Å². The van der Waals surface area contributed by atoms with Crippen molar-refractivity contribution in [2.75, 3.05) is 43.4 Å². The first-order valence-corrected chi connectivity index (χ1v) is 10.8. The molecule has 0 aliphatic carbocycles. The summed E-state index contributed by atoms with van der Waals surface area (Å²) in [5, 5.41) is 0. The van der Waals surface area contributed by atoms with Crippen LogP contribution in [0, 0.1) is 5.82 Å². The number of carbonyl (C=O) groups is 1. The standard InChI is InChI=1S/C19H21FN4O3S/c20-16-3-5-17(6-4-16)22-8-1-9-23(11-10-22)19(25)15-2-7-18-21-28(26,27)13-12-24(18)14-15/h2-7,14H,1,8-13H2. The van der Waals surface area contributed by atoms with E-state index in [9.17, 15) is 17.6 Å². The summed E-state index contributed by atoms with van der Waals surface area (Å²) >= 11 is 0. The monoisotopic (exact) mass is 404 g/mol. The Hall–Kier alpha value is -2.68. The van der Waals surface area contributed by atoms with Crippen LogP contribution in [0.5, 0.6) is 0 Å². The second-order valence-electron chi connectivity index (χ2n) is 6.96. The summed E-state index contributed by atoms with van der Waals surface area (Å²) in [5.74, 6) is -0.0517. The second-order valence-corrected chi connectivity index (χ2v) is 8.71. The molecule has 3 heterocycles. The third-order valence-electron chi connectivity index (χ3n) is 5.05. The van der Waals surface area contributed by atoms with Crippen LogP contribution in [0.3, 0.4) is 0 Å². The van der Waals surface area contributed by atoms with Gasteiger partial charge in [0.2, 0.25) is 0 Å². The number of fused-ring (bicyclic) bond motifs is 1. The van der Waals surface area contributed by atoms with Crippen molar-refractivity contribution in [1.29, 1.82) is 0 Å². The lowest BCUT2D eigenvalue weighted by atomic mass is 10.1. The van der Waals surface area contributed by atoms with Gasteiger partial charge in [-0.15, -0.1) is 4.40 Å². The Kier molecular flexibility index (Phi) is 4.92. The number of carbonyl (C=O) groups excluding carboxylic acids is 1. The quantitative estimate of drug-likeness (QED) is 0.744. The van der Waals surface area contributed by atoms with Gasteiger partial charge in [-0.05, 0) is 42.8 Å². The van der Waals surface area contributed by atoms with Crippen LogP contribution in [0.25, 0.3) is 0 Å². The van der Waals surface area contributed by atoms with Gasteiger partial charge in [0.05, 0.1) is 11.3 Å². The molecule has 148 valence electrons. The number of nitrogens with zero attached hydrogens (tertiary/aromatic N) is 4. The van der Waals surface area contributed by atoms with Crippen LogP contribution in [-0.4, -0.2) is 68.4 Å². The fourth-order valence-corrected chi connectivity index (χ4v) is 4.51. The Morgan fingerprint density at radius 2 is 1.79 bits per heavy atom. The van der Waals surface area contributed by atoms with E-state index in [1.54, 1.807) is 35.4 Å². The van der Waals surface area contributed by atoms with Crippen molar-refractivity contribution >= 4 is 27.5 Å². The first-order valence-electron chi connectivity index (χ1n) is 9.20. The number of amides is 1. The number of hydrogen-bond acceptors (Lipinski definition) is 5. The third kappa shape index (κ3) is 3.94. The molecular formula is C19H21FN4O3S. The first kappa shape index (κ1) is 18.7. The fourth-order valence-electron chi connectivity index (χ4n) is 3.54. The third-order valence-corrected chi connectivity index (χ3v) is 6.21. The predicted molar refractivity (Wildman–Crippen MR) is 105 cm³/mol. The van der Waals surface area contributed by atoms with Gasteiger partial charge >= 0.3 is 0 Å². The summed E-state index contributed by atoms with van der Waals surface area (Å²) in [6.07, 6.45) is 5.70. The number of benzene rings is 1. The maximum absolute atomic E-state index is 13.1. The zero-order valence-corrected chi connectivity index (χ0v) is 16.1. The van der Waals surface area contributed by atoms with Crippen molar-refractivity contribution in [2.45, 2.75) is 6.42 Å². The molecule has 7 nitrogen and oxygen atoms in total. The molecule has 0 saturated carbocycles. The van der Waals surface area contributed by atoms with Gasteiger partial charge in [0.25, 0.3) is 15.9 Å². The molecule has 3 aliphatic rings. The smallest absolute Gasteiger partial charge is 0.256 e. The van der Waals surface area contributed by atoms with Gasteiger partial charge < -0.3 is 14.7 Å². The largest absolute Gasteiger partial charge is 0.370 e. The second kappa shape index (κ2) is 7.38. The topological polar surface area (TPSA) is 73.3 Å². The van der Waals surface area contributed by atoms with Crippen LogP contribution in [0.2, 0.25) is 0 Å². The van der Waals surface area contributed by atoms with Crippen molar-refractivity contribution in [3.63, 3.8) is 0 Å². The lowest BCUT2D eigenvalue weighted by molar-refractivity contribution is -0.126. The summed E-state index contributed by atoms with van der Waals surface area (Å²) in [4.78, 5) is 18.6. The van der Waals surface area contributed by atoms with Crippen LogP contribution < -0.4 is 4.90 Å². The van der Waals surface area contributed by atoms with Crippen LogP contribution in [0.1, 0.15) is 6.42 Å². The molecule has 0 aromatic heterocycles. The Morgan fingerprint density at radius 1 is 1.00 bits per heavy atom. The number of hydrogen-bond donors (Lipinski definition) is 0. The van der Waals surface area contributed by atoms with Gasteiger partial charge in [-0.3, -0.25) is 4.79 Å². The number of amidine groups is 1. The highest BCUT2D eigenvalue weighted by Crippen LogP contribution is 2.20. The maximum atomic E-state index is 13.1. The Labute approximate surface area is 163 Å². The van der Waals surface area contributed by atoms with Crippen molar-refractivity contribution in [3.8, 4) is 0 Å². The molecule has 1 aromatic rings. The van der Waals surface area contributed by atoms with Crippen LogP contribution in [-0.2, 0) is 14.8 Å².